The van der Waals surface area contributed by atoms with E-state index in [0.29, 0.717) is 6.04 Å². The van der Waals surface area contributed by atoms with Crippen molar-refractivity contribution in [1.82, 2.24) is 5.32 Å². The predicted molar refractivity (Wildman–Crippen MR) is 69.1 cm³/mol. The van der Waals surface area contributed by atoms with Crippen LogP contribution >= 0.6 is 11.8 Å². The number of thioether (sulfide) groups is 1. The van der Waals surface area contributed by atoms with Crippen LogP contribution in [-0.4, -0.2) is 23.6 Å². The largest absolute Gasteiger partial charge is 0.313 e. The summed E-state index contributed by atoms with van der Waals surface area (Å²) in [5.41, 5.74) is 0. The van der Waals surface area contributed by atoms with Gasteiger partial charge in [-0.2, -0.15) is 11.8 Å². The topological polar surface area (TPSA) is 12.0 Å². The first-order chi connectivity index (χ1) is 6.70. The van der Waals surface area contributed by atoms with Crippen molar-refractivity contribution in [2.75, 3.05) is 12.3 Å². The van der Waals surface area contributed by atoms with E-state index in [9.17, 15) is 0 Å². The van der Waals surface area contributed by atoms with E-state index >= 15 is 0 Å². The zero-order chi connectivity index (χ0) is 10.8. The second-order valence-corrected chi connectivity index (χ2v) is 5.51. The summed E-state index contributed by atoms with van der Waals surface area (Å²) in [4.78, 5) is 0. The van der Waals surface area contributed by atoms with Gasteiger partial charge in [-0.1, -0.05) is 26.8 Å². The van der Waals surface area contributed by atoms with E-state index in [2.05, 4.69) is 32.7 Å². The van der Waals surface area contributed by atoms with E-state index in [-0.39, 0.29) is 0 Å². The van der Waals surface area contributed by atoms with Gasteiger partial charge in [0.05, 0.1) is 0 Å². The van der Waals surface area contributed by atoms with E-state index in [0.717, 1.165) is 18.2 Å². The molecule has 0 bridgehead atoms. The molecule has 14 heavy (non-hydrogen) atoms. The lowest BCUT2D eigenvalue weighted by molar-refractivity contribution is 0.523. The third kappa shape index (κ3) is 8.64. The average Bonchev–Trinajstić information content (AvgIpc) is 2.16. The molecule has 1 nitrogen and oxygen atoms in total. The Morgan fingerprint density at radius 3 is 2.64 bits per heavy atom. The summed E-state index contributed by atoms with van der Waals surface area (Å²) in [6, 6.07) is 0.667. The van der Waals surface area contributed by atoms with Crippen molar-refractivity contribution in [3.8, 4) is 0 Å². The number of hydrogen-bond acceptors (Lipinski definition) is 2. The Morgan fingerprint density at radius 1 is 1.43 bits per heavy atom. The van der Waals surface area contributed by atoms with Gasteiger partial charge in [0.1, 0.15) is 0 Å². The molecule has 2 heteroatoms. The van der Waals surface area contributed by atoms with Gasteiger partial charge in [-0.05, 0) is 31.1 Å². The minimum atomic E-state index is 0.667. The molecule has 0 aromatic carbocycles. The first-order valence-electron chi connectivity index (χ1n) is 5.66. The maximum absolute atomic E-state index is 3.77. The molecular formula is C12H25NS. The number of allylic oxidation sites excluding steroid dienone is 1. The quantitative estimate of drug-likeness (QED) is 0.591. The van der Waals surface area contributed by atoms with E-state index in [1.807, 2.05) is 17.8 Å². The smallest absolute Gasteiger partial charge is 0.0161 e. The molecule has 0 heterocycles. The Bertz CT molecular complexity index is 134. The molecule has 0 aromatic rings. The summed E-state index contributed by atoms with van der Waals surface area (Å²) in [5.74, 6) is 1.23. The first kappa shape index (κ1) is 14.1. The summed E-state index contributed by atoms with van der Waals surface area (Å²) < 4.78 is 0. The van der Waals surface area contributed by atoms with Crippen molar-refractivity contribution in [3.05, 3.63) is 12.7 Å². The Balaban J connectivity index is 3.65. The predicted octanol–water partition coefficient (Wildman–Crippen LogP) is 3.46. The summed E-state index contributed by atoms with van der Waals surface area (Å²) in [6.45, 7) is 11.6. The van der Waals surface area contributed by atoms with E-state index in [1.54, 1.807) is 0 Å². The molecule has 1 N–H and O–H groups in total. The van der Waals surface area contributed by atoms with Crippen molar-refractivity contribution < 1.29 is 0 Å². The van der Waals surface area contributed by atoms with Crippen LogP contribution in [0.5, 0.6) is 0 Å². The van der Waals surface area contributed by atoms with Crippen molar-refractivity contribution in [2.24, 2.45) is 0 Å². The van der Waals surface area contributed by atoms with Crippen molar-refractivity contribution in [2.45, 2.75) is 51.3 Å². The standard InChI is InChI=1S/C12H25NS/c1-5-7-8-12(13-9-6-2)10-14-11(3)4/h5,11-13H,1,6-10H2,2-4H3. The molecule has 0 radical (unpaired) electrons. The third-order valence-corrected chi connectivity index (χ3v) is 3.29. The van der Waals surface area contributed by atoms with Crippen LogP contribution in [0, 0.1) is 0 Å². The molecule has 84 valence electrons. The van der Waals surface area contributed by atoms with Crippen LogP contribution in [0.15, 0.2) is 12.7 Å². The van der Waals surface area contributed by atoms with Gasteiger partial charge in [-0.25, -0.2) is 0 Å². The molecule has 1 atom stereocenters. The van der Waals surface area contributed by atoms with Crippen LogP contribution in [-0.2, 0) is 0 Å². The van der Waals surface area contributed by atoms with Crippen LogP contribution in [0.1, 0.15) is 40.0 Å². The Kier molecular flexibility index (Phi) is 9.63. The fraction of sp³-hybridized carbons (Fsp3) is 0.833. The molecule has 0 aromatic heterocycles. The average molecular weight is 215 g/mol. The Hall–Kier alpha value is 0.0500. The van der Waals surface area contributed by atoms with E-state index in [4.69, 9.17) is 0 Å². The lowest BCUT2D eigenvalue weighted by Crippen LogP contribution is -2.32. The van der Waals surface area contributed by atoms with Gasteiger partial charge in [0.15, 0.2) is 0 Å². The lowest BCUT2D eigenvalue weighted by atomic mass is 10.2. The van der Waals surface area contributed by atoms with E-state index < -0.39 is 0 Å². The first-order valence-corrected chi connectivity index (χ1v) is 6.71. The molecule has 1 unspecified atom stereocenters. The van der Waals surface area contributed by atoms with Gasteiger partial charge >= 0.3 is 0 Å². The van der Waals surface area contributed by atoms with Crippen molar-refractivity contribution in [1.29, 1.82) is 0 Å². The maximum Gasteiger partial charge on any atom is 0.0161 e. The summed E-state index contributed by atoms with van der Waals surface area (Å²) in [7, 11) is 0. The zero-order valence-electron chi connectivity index (χ0n) is 9.88. The third-order valence-electron chi connectivity index (χ3n) is 2.03. The molecule has 0 aliphatic heterocycles. The van der Waals surface area contributed by atoms with Crippen molar-refractivity contribution in [3.63, 3.8) is 0 Å². The van der Waals surface area contributed by atoms with Gasteiger partial charge < -0.3 is 5.32 Å². The second kappa shape index (κ2) is 9.60. The molecular weight excluding hydrogens is 190 g/mol. The molecule has 0 aliphatic rings. The van der Waals surface area contributed by atoms with Gasteiger partial charge in [-0.3, -0.25) is 0 Å². The van der Waals surface area contributed by atoms with Crippen LogP contribution in [0.2, 0.25) is 0 Å². The minimum Gasteiger partial charge on any atom is -0.313 e. The molecule has 0 saturated heterocycles. The van der Waals surface area contributed by atoms with Gasteiger partial charge in [0, 0.05) is 11.8 Å². The fourth-order valence-corrected chi connectivity index (χ4v) is 2.12. The summed E-state index contributed by atoms with van der Waals surface area (Å²) >= 11 is 2.04. The summed E-state index contributed by atoms with van der Waals surface area (Å²) in [6.07, 6.45) is 5.58. The highest BCUT2D eigenvalue weighted by atomic mass is 32.2. The Morgan fingerprint density at radius 2 is 2.14 bits per heavy atom. The van der Waals surface area contributed by atoms with Gasteiger partial charge in [0.2, 0.25) is 0 Å². The normalized spacial score (nSPS) is 13.1. The SMILES string of the molecule is C=CCCC(CSC(C)C)NCCC. The summed E-state index contributed by atoms with van der Waals surface area (Å²) in [5, 5.41) is 4.33. The monoisotopic (exact) mass is 215 g/mol. The molecule has 0 saturated carbocycles. The zero-order valence-corrected chi connectivity index (χ0v) is 10.7. The molecule has 0 spiro atoms. The number of rotatable bonds is 9. The second-order valence-electron chi connectivity index (χ2n) is 3.90. The Labute approximate surface area is 93.7 Å². The van der Waals surface area contributed by atoms with Crippen LogP contribution in [0.25, 0.3) is 0 Å². The highest BCUT2D eigenvalue weighted by molar-refractivity contribution is 7.99. The number of nitrogens with one attached hydrogen (secondary N) is 1. The molecule has 0 aliphatic carbocycles. The van der Waals surface area contributed by atoms with E-state index in [1.165, 1.54) is 18.6 Å². The van der Waals surface area contributed by atoms with Crippen LogP contribution < -0.4 is 5.32 Å². The van der Waals surface area contributed by atoms with Gasteiger partial charge in [0.25, 0.3) is 0 Å². The molecule has 0 rings (SSSR count). The fourth-order valence-electron chi connectivity index (χ4n) is 1.22. The van der Waals surface area contributed by atoms with Crippen molar-refractivity contribution >= 4 is 11.8 Å². The van der Waals surface area contributed by atoms with Crippen LogP contribution in [0.3, 0.4) is 0 Å². The maximum atomic E-state index is 3.77. The molecule has 0 amide bonds. The van der Waals surface area contributed by atoms with Gasteiger partial charge in [-0.15, -0.1) is 6.58 Å². The number of hydrogen-bond donors (Lipinski definition) is 1. The highest BCUT2D eigenvalue weighted by Gasteiger charge is 2.07. The van der Waals surface area contributed by atoms with Crippen LogP contribution in [0.4, 0.5) is 0 Å². The minimum absolute atomic E-state index is 0.667. The lowest BCUT2D eigenvalue weighted by Gasteiger charge is -2.18. The molecule has 0 fully saturated rings. The highest BCUT2D eigenvalue weighted by Crippen LogP contribution is 2.13.